The second-order valence-electron chi connectivity index (χ2n) is 3.15. The van der Waals surface area contributed by atoms with E-state index in [9.17, 15) is 13.2 Å². The third-order valence-electron chi connectivity index (χ3n) is 1.80. The average molecular weight is 311 g/mol. The molecular formula is C11H10BrF3O2. The first-order valence-electron chi connectivity index (χ1n) is 4.75. The summed E-state index contributed by atoms with van der Waals surface area (Å²) in [5.74, 6) is -0.274. The van der Waals surface area contributed by atoms with Crippen LogP contribution in [0.15, 0.2) is 28.7 Å². The Balaban J connectivity index is 2.79. The first-order valence-corrected chi connectivity index (χ1v) is 5.54. The van der Waals surface area contributed by atoms with Crippen molar-refractivity contribution in [2.45, 2.75) is 12.8 Å². The Kier molecular flexibility index (Phi) is 5.02. The number of rotatable bonds is 4. The fraction of sp³-hybridized carbons (Fsp3) is 0.273. The summed E-state index contributed by atoms with van der Waals surface area (Å²) in [6, 6.07) is 3.97. The lowest BCUT2D eigenvalue weighted by Crippen LogP contribution is -2.17. The van der Waals surface area contributed by atoms with E-state index in [4.69, 9.17) is 5.11 Å². The van der Waals surface area contributed by atoms with Crippen LogP contribution >= 0.6 is 15.9 Å². The van der Waals surface area contributed by atoms with Crippen molar-refractivity contribution in [3.63, 3.8) is 0 Å². The molecule has 0 unspecified atom stereocenters. The van der Waals surface area contributed by atoms with E-state index in [1.807, 2.05) is 0 Å². The molecule has 0 radical (unpaired) electrons. The molecule has 0 amide bonds. The fourth-order valence-electron chi connectivity index (χ4n) is 1.12. The SMILES string of the molecule is OCCC=Cc1ccc(OC(F)(F)F)cc1Br. The van der Waals surface area contributed by atoms with Crippen LogP contribution in [0.1, 0.15) is 12.0 Å². The third-order valence-corrected chi connectivity index (χ3v) is 2.49. The summed E-state index contributed by atoms with van der Waals surface area (Å²) < 4.78 is 40.1. The Hall–Kier alpha value is -1.01. The molecule has 1 rings (SSSR count). The maximum atomic E-state index is 11.9. The van der Waals surface area contributed by atoms with Crippen molar-refractivity contribution >= 4 is 22.0 Å². The summed E-state index contributed by atoms with van der Waals surface area (Å²) in [5.41, 5.74) is 0.716. The van der Waals surface area contributed by atoms with Gasteiger partial charge in [-0.25, -0.2) is 0 Å². The molecule has 1 aromatic carbocycles. The van der Waals surface area contributed by atoms with Crippen molar-refractivity contribution < 1.29 is 23.0 Å². The molecule has 0 aromatic heterocycles. The highest BCUT2D eigenvalue weighted by atomic mass is 79.9. The van der Waals surface area contributed by atoms with Crippen LogP contribution in [0.5, 0.6) is 5.75 Å². The standard InChI is InChI=1S/C11H10BrF3O2/c12-10-7-9(17-11(13,14)15)5-4-8(10)3-1-2-6-16/h1,3-5,7,16H,2,6H2. The molecule has 6 heteroatoms. The van der Waals surface area contributed by atoms with Crippen molar-refractivity contribution in [3.8, 4) is 5.75 Å². The molecule has 0 saturated carbocycles. The molecule has 0 bridgehead atoms. The highest BCUT2D eigenvalue weighted by Crippen LogP contribution is 2.28. The van der Waals surface area contributed by atoms with Crippen LogP contribution in [0.4, 0.5) is 13.2 Å². The van der Waals surface area contributed by atoms with Crippen LogP contribution < -0.4 is 4.74 Å². The van der Waals surface area contributed by atoms with Gasteiger partial charge in [-0.2, -0.15) is 0 Å². The number of aliphatic hydroxyl groups excluding tert-OH is 1. The van der Waals surface area contributed by atoms with Gasteiger partial charge in [0.25, 0.3) is 0 Å². The van der Waals surface area contributed by atoms with Gasteiger partial charge in [-0.3, -0.25) is 0 Å². The number of halogens is 4. The number of hydrogen-bond acceptors (Lipinski definition) is 2. The number of ether oxygens (including phenoxy) is 1. The van der Waals surface area contributed by atoms with Gasteiger partial charge in [0.05, 0.1) is 0 Å². The van der Waals surface area contributed by atoms with E-state index >= 15 is 0 Å². The van der Waals surface area contributed by atoms with E-state index in [1.54, 1.807) is 12.2 Å². The fourth-order valence-corrected chi connectivity index (χ4v) is 1.61. The quantitative estimate of drug-likeness (QED) is 0.918. The number of alkyl halides is 3. The molecule has 0 aliphatic carbocycles. The zero-order chi connectivity index (χ0) is 12.9. The van der Waals surface area contributed by atoms with Crippen molar-refractivity contribution in [2.75, 3.05) is 6.61 Å². The largest absolute Gasteiger partial charge is 0.573 e. The smallest absolute Gasteiger partial charge is 0.406 e. The number of hydrogen-bond donors (Lipinski definition) is 1. The Morgan fingerprint density at radius 2 is 2.06 bits per heavy atom. The second-order valence-corrected chi connectivity index (χ2v) is 4.00. The molecule has 0 atom stereocenters. The monoisotopic (exact) mass is 310 g/mol. The highest BCUT2D eigenvalue weighted by molar-refractivity contribution is 9.10. The van der Waals surface area contributed by atoms with E-state index in [2.05, 4.69) is 20.7 Å². The topological polar surface area (TPSA) is 29.5 Å². The molecule has 94 valence electrons. The molecule has 0 aliphatic heterocycles. The normalized spacial score (nSPS) is 12.1. The van der Waals surface area contributed by atoms with Crippen molar-refractivity contribution in [1.82, 2.24) is 0 Å². The minimum Gasteiger partial charge on any atom is -0.406 e. The number of aliphatic hydroxyl groups is 1. The number of benzene rings is 1. The van der Waals surface area contributed by atoms with Crippen LogP contribution in [0.2, 0.25) is 0 Å². The van der Waals surface area contributed by atoms with Gasteiger partial charge in [0, 0.05) is 11.1 Å². The second kappa shape index (κ2) is 6.07. The van der Waals surface area contributed by atoms with Gasteiger partial charge in [0.1, 0.15) is 5.75 Å². The minimum absolute atomic E-state index is 0.0311. The van der Waals surface area contributed by atoms with Crippen molar-refractivity contribution in [3.05, 3.63) is 34.3 Å². The molecule has 0 spiro atoms. The average Bonchev–Trinajstić information content (AvgIpc) is 2.19. The van der Waals surface area contributed by atoms with E-state index in [0.29, 0.717) is 16.5 Å². The van der Waals surface area contributed by atoms with Crippen LogP contribution in [0.25, 0.3) is 6.08 Å². The van der Waals surface area contributed by atoms with Gasteiger partial charge in [-0.1, -0.05) is 34.1 Å². The lowest BCUT2D eigenvalue weighted by atomic mass is 10.2. The van der Waals surface area contributed by atoms with E-state index in [1.165, 1.54) is 18.2 Å². The molecule has 1 N–H and O–H groups in total. The van der Waals surface area contributed by atoms with Gasteiger partial charge < -0.3 is 9.84 Å². The maximum absolute atomic E-state index is 11.9. The first-order chi connectivity index (χ1) is 7.92. The van der Waals surface area contributed by atoms with E-state index in [0.717, 1.165) is 0 Å². The predicted octanol–water partition coefficient (Wildman–Crippen LogP) is 3.74. The molecule has 0 fully saturated rings. The Morgan fingerprint density at radius 1 is 1.35 bits per heavy atom. The summed E-state index contributed by atoms with van der Waals surface area (Å²) in [5, 5.41) is 8.58. The summed E-state index contributed by atoms with van der Waals surface area (Å²) in [4.78, 5) is 0. The first kappa shape index (κ1) is 14.1. The molecular weight excluding hydrogens is 301 g/mol. The summed E-state index contributed by atoms with van der Waals surface area (Å²) >= 11 is 3.15. The van der Waals surface area contributed by atoms with E-state index in [-0.39, 0.29) is 12.4 Å². The minimum atomic E-state index is -4.69. The van der Waals surface area contributed by atoms with E-state index < -0.39 is 6.36 Å². The van der Waals surface area contributed by atoms with Crippen LogP contribution in [0, 0.1) is 0 Å². The molecule has 0 heterocycles. The van der Waals surface area contributed by atoms with Gasteiger partial charge in [0.15, 0.2) is 0 Å². The third kappa shape index (κ3) is 5.23. The van der Waals surface area contributed by atoms with Crippen LogP contribution in [-0.4, -0.2) is 18.1 Å². The molecule has 17 heavy (non-hydrogen) atoms. The summed E-state index contributed by atoms with van der Waals surface area (Å²) in [7, 11) is 0. The molecule has 0 aliphatic rings. The van der Waals surface area contributed by atoms with Crippen molar-refractivity contribution in [2.24, 2.45) is 0 Å². The van der Waals surface area contributed by atoms with Gasteiger partial charge in [0.2, 0.25) is 0 Å². The van der Waals surface area contributed by atoms with Gasteiger partial charge >= 0.3 is 6.36 Å². The maximum Gasteiger partial charge on any atom is 0.573 e. The lowest BCUT2D eigenvalue weighted by molar-refractivity contribution is -0.274. The Morgan fingerprint density at radius 3 is 2.59 bits per heavy atom. The molecule has 1 aromatic rings. The van der Waals surface area contributed by atoms with Crippen LogP contribution in [-0.2, 0) is 0 Å². The molecule has 2 nitrogen and oxygen atoms in total. The zero-order valence-electron chi connectivity index (χ0n) is 8.67. The van der Waals surface area contributed by atoms with Gasteiger partial charge in [-0.15, -0.1) is 13.2 Å². The Bertz CT molecular complexity index is 402. The molecule has 0 saturated heterocycles. The Labute approximate surface area is 105 Å². The van der Waals surface area contributed by atoms with Crippen LogP contribution in [0.3, 0.4) is 0 Å². The highest BCUT2D eigenvalue weighted by Gasteiger charge is 2.31. The summed E-state index contributed by atoms with van der Waals surface area (Å²) in [6.07, 6.45) is -0.761. The van der Waals surface area contributed by atoms with Crippen molar-refractivity contribution in [1.29, 1.82) is 0 Å². The lowest BCUT2D eigenvalue weighted by Gasteiger charge is -2.09. The zero-order valence-corrected chi connectivity index (χ0v) is 10.3. The van der Waals surface area contributed by atoms with Gasteiger partial charge in [-0.05, 0) is 24.1 Å². The summed E-state index contributed by atoms with van der Waals surface area (Å²) in [6.45, 7) is 0.0311. The predicted molar refractivity (Wildman–Crippen MR) is 61.6 cm³/mol.